The van der Waals surface area contributed by atoms with Gasteiger partial charge in [-0.2, -0.15) is 0 Å². The Hall–Kier alpha value is -2.54. The molecule has 8 heteroatoms. The van der Waals surface area contributed by atoms with Crippen LogP contribution in [0, 0.1) is 0 Å². The van der Waals surface area contributed by atoms with Crippen LogP contribution in [-0.4, -0.2) is 35.9 Å². The number of benzene rings is 3. The van der Waals surface area contributed by atoms with E-state index >= 15 is 0 Å². The topological polar surface area (TPSA) is 58.6 Å². The number of hydrogen-bond acceptors (Lipinski definition) is 3. The van der Waals surface area contributed by atoms with Crippen LogP contribution in [0.5, 0.6) is 5.75 Å². The highest BCUT2D eigenvalue weighted by molar-refractivity contribution is 9.10. The molecule has 0 spiro atoms. The zero-order chi connectivity index (χ0) is 26.8. The minimum Gasteiger partial charge on any atom is -0.483 e. The molecule has 1 atom stereocenters. The van der Waals surface area contributed by atoms with E-state index < -0.39 is 6.04 Å². The molecule has 3 rings (SSSR count). The predicted molar refractivity (Wildman–Crippen MR) is 153 cm³/mol. The van der Waals surface area contributed by atoms with Gasteiger partial charge in [0.25, 0.3) is 5.91 Å². The molecule has 0 bridgehead atoms. The number of aryl methyl sites for hydroxylation is 1. The van der Waals surface area contributed by atoms with E-state index in [0.29, 0.717) is 34.3 Å². The third kappa shape index (κ3) is 8.49. The van der Waals surface area contributed by atoms with Crippen LogP contribution in [0.15, 0.2) is 71.2 Å². The number of rotatable bonds is 12. The number of halogens is 3. The summed E-state index contributed by atoms with van der Waals surface area (Å²) in [5.74, 6) is 0.00718. The Bertz CT molecular complexity index is 1210. The smallest absolute Gasteiger partial charge is 0.261 e. The first-order valence-corrected chi connectivity index (χ1v) is 13.8. The van der Waals surface area contributed by atoms with E-state index in [1.807, 2.05) is 55.5 Å². The van der Waals surface area contributed by atoms with Gasteiger partial charge in [-0.25, -0.2) is 0 Å². The summed E-state index contributed by atoms with van der Waals surface area (Å²) in [7, 11) is 0. The molecule has 0 aliphatic rings. The van der Waals surface area contributed by atoms with Gasteiger partial charge in [0.1, 0.15) is 11.8 Å². The summed E-state index contributed by atoms with van der Waals surface area (Å²) in [4.78, 5) is 28.6. The van der Waals surface area contributed by atoms with Crippen LogP contribution < -0.4 is 10.1 Å². The standard InChI is InChI=1S/C29H31BrCl2N2O3/c1-3-14-33-29(36)26(16-21-8-6-5-7-9-21)34(18-22-11-12-23(31)17-25(22)32)28(35)19-37-27-13-10-20(4-2)15-24(27)30/h5-13,15,17,26H,3-4,14,16,18-19H2,1-2H3,(H,33,36). The van der Waals surface area contributed by atoms with Gasteiger partial charge in [-0.15, -0.1) is 0 Å². The highest BCUT2D eigenvalue weighted by atomic mass is 79.9. The molecule has 0 aliphatic heterocycles. The SMILES string of the molecule is CCCNC(=O)C(Cc1ccccc1)N(Cc1ccc(Cl)cc1Cl)C(=O)COc1ccc(CC)cc1Br. The van der Waals surface area contributed by atoms with Gasteiger partial charge in [0, 0.05) is 29.6 Å². The third-order valence-electron chi connectivity index (χ3n) is 5.93. The summed E-state index contributed by atoms with van der Waals surface area (Å²) in [5, 5.41) is 3.88. The quantitative estimate of drug-likeness (QED) is 0.245. The number of nitrogens with one attached hydrogen (secondary N) is 1. The fourth-order valence-electron chi connectivity index (χ4n) is 3.86. The summed E-state index contributed by atoms with van der Waals surface area (Å²) >= 11 is 16.1. The molecular formula is C29H31BrCl2N2O3. The molecule has 3 aromatic rings. The maximum atomic E-state index is 13.7. The minimum atomic E-state index is -0.761. The van der Waals surface area contributed by atoms with E-state index in [1.165, 1.54) is 0 Å². The van der Waals surface area contributed by atoms with Crippen molar-refractivity contribution in [3.8, 4) is 5.75 Å². The van der Waals surface area contributed by atoms with E-state index in [4.69, 9.17) is 27.9 Å². The largest absolute Gasteiger partial charge is 0.483 e. The monoisotopic (exact) mass is 604 g/mol. The van der Waals surface area contributed by atoms with E-state index in [0.717, 1.165) is 28.4 Å². The third-order valence-corrected chi connectivity index (χ3v) is 7.14. The van der Waals surface area contributed by atoms with Crippen molar-refractivity contribution in [1.29, 1.82) is 0 Å². The van der Waals surface area contributed by atoms with E-state index in [2.05, 4.69) is 28.2 Å². The highest BCUT2D eigenvalue weighted by Gasteiger charge is 2.31. The molecule has 0 saturated heterocycles. The molecule has 5 nitrogen and oxygen atoms in total. The van der Waals surface area contributed by atoms with Crippen molar-refractivity contribution in [3.05, 3.63) is 97.9 Å². The summed E-state index contributed by atoms with van der Waals surface area (Å²) in [5.41, 5.74) is 2.78. The van der Waals surface area contributed by atoms with E-state index in [9.17, 15) is 9.59 Å². The first-order chi connectivity index (χ1) is 17.8. The molecule has 196 valence electrons. The summed E-state index contributed by atoms with van der Waals surface area (Å²) < 4.78 is 6.68. The molecule has 0 fully saturated rings. The van der Waals surface area contributed by atoms with Gasteiger partial charge in [-0.05, 0) is 69.7 Å². The molecule has 3 aromatic carbocycles. The molecule has 1 N–H and O–H groups in total. The van der Waals surface area contributed by atoms with Crippen LogP contribution in [-0.2, 0) is 29.0 Å². The van der Waals surface area contributed by atoms with Gasteiger partial charge in [-0.1, -0.05) is 79.5 Å². The van der Waals surface area contributed by atoms with Crippen molar-refractivity contribution >= 4 is 50.9 Å². The molecule has 0 heterocycles. The Labute approximate surface area is 237 Å². The van der Waals surface area contributed by atoms with Crippen LogP contribution >= 0.6 is 39.1 Å². The Kier molecular flexibility index (Phi) is 11.3. The Balaban J connectivity index is 1.92. The van der Waals surface area contributed by atoms with Crippen molar-refractivity contribution in [1.82, 2.24) is 10.2 Å². The molecule has 0 radical (unpaired) electrons. The molecule has 0 saturated carbocycles. The van der Waals surface area contributed by atoms with E-state index in [-0.39, 0.29) is 25.0 Å². The van der Waals surface area contributed by atoms with Crippen molar-refractivity contribution in [3.63, 3.8) is 0 Å². The first kappa shape index (κ1) is 29.0. The number of nitrogens with zero attached hydrogens (tertiary/aromatic N) is 1. The van der Waals surface area contributed by atoms with Crippen molar-refractivity contribution in [2.24, 2.45) is 0 Å². The van der Waals surface area contributed by atoms with Gasteiger partial charge >= 0.3 is 0 Å². The number of ether oxygens (including phenoxy) is 1. The lowest BCUT2D eigenvalue weighted by atomic mass is 10.0. The average Bonchev–Trinajstić information content (AvgIpc) is 2.90. The van der Waals surface area contributed by atoms with Gasteiger partial charge in [0.2, 0.25) is 5.91 Å². The number of carbonyl (C=O) groups is 2. The lowest BCUT2D eigenvalue weighted by Gasteiger charge is -2.31. The second kappa shape index (κ2) is 14.4. The summed E-state index contributed by atoms with van der Waals surface area (Å²) in [6.45, 7) is 4.47. The first-order valence-electron chi connectivity index (χ1n) is 12.3. The van der Waals surface area contributed by atoms with Crippen molar-refractivity contribution in [2.45, 2.75) is 45.7 Å². The maximum absolute atomic E-state index is 13.7. The lowest BCUT2D eigenvalue weighted by molar-refractivity contribution is -0.142. The number of carbonyl (C=O) groups excluding carboxylic acids is 2. The van der Waals surface area contributed by atoms with Crippen molar-refractivity contribution < 1.29 is 14.3 Å². The van der Waals surface area contributed by atoms with Crippen LogP contribution in [0.1, 0.15) is 37.0 Å². The second-order valence-corrected chi connectivity index (χ2v) is 10.4. The number of amides is 2. The zero-order valence-electron chi connectivity index (χ0n) is 21.0. The fraction of sp³-hybridized carbons (Fsp3) is 0.310. The van der Waals surface area contributed by atoms with Crippen LogP contribution in [0.4, 0.5) is 0 Å². The maximum Gasteiger partial charge on any atom is 0.261 e. The van der Waals surface area contributed by atoms with Crippen LogP contribution in [0.25, 0.3) is 0 Å². The lowest BCUT2D eigenvalue weighted by Crippen LogP contribution is -2.51. The minimum absolute atomic E-state index is 0.130. The van der Waals surface area contributed by atoms with Crippen LogP contribution in [0.2, 0.25) is 10.0 Å². The summed E-state index contributed by atoms with van der Waals surface area (Å²) in [6.07, 6.45) is 2.02. The second-order valence-electron chi connectivity index (χ2n) is 8.66. The van der Waals surface area contributed by atoms with Crippen LogP contribution in [0.3, 0.4) is 0 Å². The van der Waals surface area contributed by atoms with E-state index in [1.54, 1.807) is 23.1 Å². The Morgan fingerprint density at radius 2 is 1.76 bits per heavy atom. The highest BCUT2D eigenvalue weighted by Crippen LogP contribution is 2.27. The van der Waals surface area contributed by atoms with Gasteiger partial charge in [0.05, 0.1) is 4.47 Å². The van der Waals surface area contributed by atoms with Crippen molar-refractivity contribution in [2.75, 3.05) is 13.2 Å². The Morgan fingerprint density at radius 3 is 2.41 bits per heavy atom. The normalized spacial score (nSPS) is 11.6. The number of hydrogen-bond donors (Lipinski definition) is 1. The Morgan fingerprint density at radius 1 is 1.00 bits per heavy atom. The van der Waals surface area contributed by atoms with Gasteiger partial charge < -0.3 is 15.0 Å². The molecule has 0 aromatic heterocycles. The summed E-state index contributed by atoms with van der Waals surface area (Å²) in [6, 6.07) is 19.8. The molecule has 0 aliphatic carbocycles. The fourth-order valence-corrected chi connectivity index (χ4v) is 4.87. The molecular weight excluding hydrogens is 575 g/mol. The molecule has 37 heavy (non-hydrogen) atoms. The van der Waals surface area contributed by atoms with Gasteiger partial charge in [-0.3, -0.25) is 9.59 Å². The molecule has 1 unspecified atom stereocenters. The average molecular weight is 606 g/mol. The predicted octanol–water partition coefficient (Wildman–Crippen LogP) is 6.86. The van der Waals surface area contributed by atoms with Gasteiger partial charge in [0.15, 0.2) is 6.61 Å². The molecule has 2 amide bonds. The zero-order valence-corrected chi connectivity index (χ0v) is 24.1.